The van der Waals surface area contributed by atoms with E-state index in [0.29, 0.717) is 5.69 Å². The SMILES string of the molecule is OCc1cncc(N2CCCCCCC2)n1. The minimum Gasteiger partial charge on any atom is -0.390 e. The van der Waals surface area contributed by atoms with Crippen LogP contribution in [0.3, 0.4) is 0 Å². The summed E-state index contributed by atoms with van der Waals surface area (Å²) in [7, 11) is 0. The number of aliphatic hydroxyl groups excluding tert-OH is 1. The summed E-state index contributed by atoms with van der Waals surface area (Å²) in [6, 6.07) is 0. The normalized spacial score (nSPS) is 17.9. The number of aromatic nitrogens is 2. The molecule has 0 saturated carbocycles. The summed E-state index contributed by atoms with van der Waals surface area (Å²) in [4.78, 5) is 10.8. The van der Waals surface area contributed by atoms with Crippen molar-refractivity contribution in [2.24, 2.45) is 0 Å². The van der Waals surface area contributed by atoms with E-state index in [1.54, 1.807) is 12.4 Å². The van der Waals surface area contributed by atoms with Gasteiger partial charge in [0.05, 0.1) is 24.7 Å². The van der Waals surface area contributed by atoms with Gasteiger partial charge in [-0.2, -0.15) is 0 Å². The Labute approximate surface area is 96.3 Å². The number of hydrogen-bond donors (Lipinski definition) is 1. The Morgan fingerprint density at radius 3 is 2.44 bits per heavy atom. The summed E-state index contributed by atoms with van der Waals surface area (Å²) in [6.07, 6.45) is 9.84. The monoisotopic (exact) mass is 221 g/mol. The molecule has 88 valence electrons. The molecule has 0 amide bonds. The summed E-state index contributed by atoms with van der Waals surface area (Å²) in [6.45, 7) is 2.09. The van der Waals surface area contributed by atoms with E-state index in [4.69, 9.17) is 5.11 Å². The largest absolute Gasteiger partial charge is 0.390 e. The van der Waals surface area contributed by atoms with E-state index in [9.17, 15) is 0 Å². The fourth-order valence-electron chi connectivity index (χ4n) is 2.10. The Morgan fingerprint density at radius 1 is 1.06 bits per heavy atom. The lowest BCUT2D eigenvalue weighted by Gasteiger charge is -2.25. The van der Waals surface area contributed by atoms with Gasteiger partial charge in [0.2, 0.25) is 0 Å². The first-order valence-corrected chi connectivity index (χ1v) is 6.07. The molecule has 0 unspecified atom stereocenters. The predicted octanol–water partition coefficient (Wildman–Crippen LogP) is 1.74. The van der Waals surface area contributed by atoms with Gasteiger partial charge in [-0.05, 0) is 12.8 Å². The quantitative estimate of drug-likeness (QED) is 0.826. The van der Waals surface area contributed by atoms with E-state index < -0.39 is 0 Å². The zero-order valence-corrected chi connectivity index (χ0v) is 9.60. The smallest absolute Gasteiger partial charge is 0.147 e. The average Bonchev–Trinajstić information content (AvgIpc) is 2.29. The summed E-state index contributed by atoms with van der Waals surface area (Å²) in [5, 5.41) is 9.04. The molecule has 1 aromatic rings. The van der Waals surface area contributed by atoms with Crippen molar-refractivity contribution in [1.82, 2.24) is 9.97 Å². The van der Waals surface area contributed by atoms with Gasteiger partial charge in [-0.25, -0.2) is 4.98 Å². The van der Waals surface area contributed by atoms with Crippen molar-refractivity contribution in [2.75, 3.05) is 18.0 Å². The van der Waals surface area contributed by atoms with Crippen molar-refractivity contribution in [3.8, 4) is 0 Å². The van der Waals surface area contributed by atoms with Gasteiger partial charge in [-0.15, -0.1) is 0 Å². The molecule has 16 heavy (non-hydrogen) atoms. The molecular formula is C12H19N3O. The van der Waals surface area contributed by atoms with Crippen LogP contribution in [-0.2, 0) is 6.61 Å². The van der Waals surface area contributed by atoms with Gasteiger partial charge in [-0.1, -0.05) is 19.3 Å². The van der Waals surface area contributed by atoms with Crippen molar-refractivity contribution in [3.63, 3.8) is 0 Å². The lowest BCUT2D eigenvalue weighted by molar-refractivity contribution is 0.276. The average molecular weight is 221 g/mol. The minimum absolute atomic E-state index is 0.0331. The van der Waals surface area contributed by atoms with Gasteiger partial charge >= 0.3 is 0 Å². The van der Waals surface area contributed by atoms with Crippen LogP contribution in [0.4, 0.5) is 5.82 Å². The summed E-state index contributed by atoms with van der Waals surface area (Å²) in [5.41, 5.74) is 0.652. The Morgan fingerprint density at radius 2 is 1.75 bits per heavy atom. The van der Waals surface area contributed by atoms with Crippen LogP contribution in [0.5, 0.6) is 0 Å². The van der Waals surface area contributed by atoms with Crippen LogP contribution in [0, 0.1) is 0 Å². The number of nitrogens with zero attached hydrogens (tertiary/aromatic N) is 3. The fraction of sp³-hybridized carbons (Fsp3) is 0.667. The van der Waals surface area contributed by atoms with Crippen molar-refractivity contribution in [1.29, 1.82) is 0 Å². The molecule has 0 spiro atoms. The zero-order valence-electron chi connectivity index (χ0n) is 9.60. The molecule has 0 radical (unpaired) electrons. The lowest BCUT2D eigenvalue weighted by atomic mass is 10.1. The second-order valence-electron chi connectivity index (χ2n) is 4.28. The van der Waals surface area contributed by atoms with Crippen LogP contribution in [0.15, 0.2) is 12.4 Å². The van der Waals surface area contributed by atoms with Crippen molar-refractivity contribution < 1.29 is 5.11 Å². The molecule has 1 N–H and O–H groups in total. The van der Waals surface area contributed by atoms with Gasteiger partial charge in [0.1, 0.15) is 5.82 Å². The van der Waals surface area contributed by atoms with Crippen LogP contribution < -0.4 is 4.90 Å². The van der Waals surface area contributed by atoms with Crippen LogP contribution >= 0.6 is 0 Å². The molecule has 1 aliphatic heterocycles. The van der Waals surface area contributed by atoms with E-state index in [2.05, 4.69) is 14.9 Å². The highest BCUT2D eigenvalue weighted by Gasteiger charge is 2.10. The Kier molecular flexibility index (Phi) is 4.10. The highest BCUT2D eigenvalue weighted by atomic mass is 16.3. The molecule has 1 fully saturated rings. The highest BCUT2D eigenvalue weighted by Crippen LogP contribution is 2.16. The number of anilines is 1. The van der Waals surface area contributed by atoms with Crippen LogP contribution in [0.25, 0.3) is 0 Å². The van der Waals surface area contributed by atoms with Gasteiger partial charge < -0.3 is 10.0 Å². The van der Waals surface area contributed by atoms with Crippen molar-refractivity contribution in [3.05, 3.63) is 18.1 Å². The number of aliphatic hydroxyl groups is 1. The molecule has 0 aliphatic carbocycles. The molecule has 4 nitrogen and oxygen atoms in total. The van der Waals surface area contributed by atoms with E-state index in [-0.39, 0.29) is 6.61 Å². The number of rotatable bonds is 2. The molecule has 0 atom stereocenters. The fourth-order valence-corrected chi connectivity index (χ4v) is 2.10. The molecule has 1 saturated heterocycles. The van der Waals surface area contributed by atoms with Gasteiger partial charge in [-0.3, -0.25) is 4.98 Å². The Balaban J connectivity index is 2.07. The molecule has 4 heteroatoms. The topological polar surface area (TPSA) is 49.3 Å². The maximum Gasteiger partial charge on any atom is 0.147 e. The second-order valence-corrected chi connectivity index (χ2v) is 4.28. The van der Waals surface area contributed by atoms with E-state index >= 15 is 0 Å². The highest BCUT2D eigenvalue weighted by molar-refractivity contribution is 5.36. The first-order chi connectivity index (χ1) is 7.90. The minimum atomic E-state index is -0.0331. The first kappa shape index (κ1) is 11.3. The molecular weight excluding hydrogens is 202 g/mol. The lowest BCUT2D eigenvalue weighted by Crippen LogP contribution is -2.28. The van der Waals surface area contributed by atoms with Gasteiger partial charge in [0, 0.05) is 13.1 Å². The molecule has 0 aromatic carbocycles. The van der Waals surface area contributed by atoms with Crippen LogP contribution in [-0.4, -0.2) is 28.2 Å². The predicted molar refractivity (Wildman–Crippen MR) is 63.3 cm³/mol. The van der Waals surface area contributed by atoms with Gasteiger partial charge in [0.25, 0.3) is 0 Å². The maximum atomic E-state index is 9.04. The third kappa shape index (κ3) is 2.92. The van der Waals surface area contributed by atoms with Crippen LogP contribution in [0.1, 0.15) is 37.8 Å². The van der Waals surface area contributed by atoms with Crippen molar-refractivity contribution >= 4 is 5.82 Å². The molecule has 1 aromatic heterocycles. The maximum absolute atomic E-state index is 9.04. The third-order valence-corrected chi connectivity index (χ3v) is 3.01. The van der Waals surface area contributed by atoms with Crippen molar-refractivity contribution in [2.45, 2.75) is 38.7 Å². The van der Waals surface area contributed by atoms with Crippen LogP contribution in [0.2, 0.25) is 0 Å². The van der Waals surface area contributed by atoms with E-state index in [1.165, 1.54) is 32.1 Å². The summed E-state index contributed by atoms with van der Waals surface area (Å²) in [5.74, 6) is 0.911. The molecule has 0 bridgehead atoms. The molecule has 2 heterocycles. The Bertz CT molecular complexity index is 322. The zero-order chi connectivity index (χ0) is 11.2. The van der Waals surface area contributed by atoms with E-state index in [0.717, 1.165) is 18.9 Å². The first-order valence-electron chi connectivity index (χ1n) is 6.07. The number of hydrogen-bond acceptors (Lipinski definition) is 4. The standard InChI is InChI=1S/C12H19N3O/c16-10-11-8-13-9-12(14-11)15-6-4-2-1-3-5-7-15/h8-9,16H,1-7,10H2. The molecule has 1 aliphatic rings. The molecule has 2 rings (SSSR count). The Hall–Kier alpha value is -1.16. The third-order valence-electron chi connectivity index (χ3n) is 3.01. The second kappa shape index (κ2) is 5.80. The van der Waals surface area contributed by atoms with Gasteiger partial charge in [0.15, 0.2) is 0 Å². The summed E-state index contributed by atoms with van der Waals surface area (Å²) >= 11 is 0. The summed E-state index contributed by atoms with van der Waals surface area (Å²) < 4.78 is 0. The van der Waals surface area contributed by atoms with E-state index in [1.807, 2.05) is 0 Å².